The van der Waals surface area contributed by atoms with Crippen molar-refractivity contribution in [1.82, 2.24) is 15.2 Å². The molecule has 1 aromatic rings. The van der Waals surface area contributed by atoms with Crippen molar-refractivity contribution >= 4 is 63.5 Å². The van der Waals surface area contributed by atoms with Gasteiger partial charge < -0.3 is 27.1 Å². The lowest BCUT2D eigenvalue weighted by atomic mass is 10.0. The van der Waals surface area contributed by atoms with Crippen molar-refractivity contribution in [2.45, 2.75) is 11.4 Å². The van der Waals surface area contributed by atoms with Gasteiger partial charge in [-0.2, -0.15) is 0 Å². The van der Waals surface area contributed by atoms with Crippen molar-refractivity contribution < 1.29 is 24.7 Å². The SMILES string of the molecule is NC/C=C\SC1=C(C(=O)O)N2C(=O)C(NC(=O)/C(=N\O)c3csc(N)n3)[C@H]2SC1. The summed E-state index contributed by atoms with van der Waals surface area (Å²) in [5.41, 5.74) is 10.5. The normalized spacial score (nSPS) is 21.9. The molecule has 0 aromatic carbocycles. The Balaban J connectivity index is 1.76. The Bertz CT molecular complexity index is 943. The number of carboxylic acid groups (broad SMARTS) is 1. The third-order valence-electron chi connectivity index (χ3n) is 3.94. The fourth-order valence-electron chi connectivity index (χ4n) is 2.69. The van der Waals surface area contributed by atoms with E-state index in [2.05, 4.69) is 15.5 Å². The van der Waals surface area contributed by atoms with Crippen LogP contribution in [0.3, 0.4) is 0 Å². The molecule has 1 saturated heterocycles. The number of thiazole rings is 1. The maximum Gasteiger partial charge on any atom is 0.353 e. The zero-order chi connectivity index (χ0) is 21.1. The van der Waals surface area contributed by atoms with Gasteiger partial charge in [0.1, 0.15) is 22.8 Å². The number of carbonyl (C=O) groups excluding carboxylic acids is 2. The molecule has 0 saturated carbocycles. The molecule has 3 rings (SSSR count). The number of oxime groups is 1. The van der Waals surface area contributed by atoms with Crippen LogP contribution >= 0.6 is 34.9 Å². The van der Waals surface area contributed by atoms with E-state index < -0.39 is 29.2 Å². The van der Waals surface area contributed by atoms with Gasteiger partial charge in [-0.05, 0) is 5.41 Å². The number of nitrogens with two attached hydrogens (primary N) is 2. The number of β-lactam (4-membered cyclic amide) rings is 1. The monoisotopic (exact) mass is 456 g/mol. The Hall–Kier alpha value is -2.55. The molecule has 0 spiro atoms. The van der Waals surface area contributed by atoms with E-state index >= 15 is 0 Å². The molecular weight excluding hydrogens is 440 g/mol. The van der Waals surface area contributed by atoms with Gasteiger partial charge in [-0.15, -0.1) is 23.1 Å². The molecule has 2 aliphatic rings. The summed E-state index contributed by atoms with van der Waals surface area (Å²) in [4.78, 5) is 42.3. The summed E-state index contributed by atoms with van der Waals surface area (Å²) in [5.74, 6) is -2.26. The van der Waals surface area contributed by atoms with Crippen LogP contribution in [0.2, 0.25) is 0 Å². The highest BCUT2D eigenvalue weighted by Crippen LogP contribution is 2.43. The number of thioether (sulfide) groups is 2. The van der Waals surface area contributed by atoms with Crippen LogP contribution in [0, 0.1) is 0 Å². The number of nitrogens with one attached hydrogen (secondary N) is 1. The van der Waals surface area contributed by atoms with E-state index in [4.69, 9.17) is 16.7 Å². The molecule has 154 valence electrons. The van der Waals surface area contributed by atoms with Crippen molar-refractivity contribution in [3.8, 4) is 0 Å². The summed E-state index contributed by atoms with van der Waals surface area (Å²) in [6.07, 6.45) is 1.68. The first kappa shape index (κ1) is 21.2. The van der Waals surface area contributed by atoms with Crippen LogP contribution in [0.1, 0.15) is 5.69 Å². The Morgan fingerprint density at radius 1 is 1.52 bits per heavy atom. The van der Waals surface area contributed by atoms with Crippen LogP contribution in [0.15, 0.2) is 32.6 Å². The largest absolute Gasteiger partial charge is 0.477 e. The number of aromatic nitrogens is 1. The van der Waals surface area contributed by atoms with Gasteiger partial charge in [-0.1, -0.05) is 23.0 Å². The lowest BCUT2D eigenvalue weighted by Gasteiger charge is -2.49. The molecule has 1 aromatic heterocycles. The molecule has 29 heavy (non-hydrogen) atoms. The van der Waals surface area contributed by atoms with Gasteiger partial charge in [-0.3, -0.25) is 14.5 Å². The van der Waals surface area contributed by atoms with E-state index in [1.165, 1.54) is 28.9 Å². The summed E-state index contributed by atoms with van der Waals surface area (Å²) in [6.45, 7) is 0.314. The molecule has 11 nitrogen and oxygen atoms in total. The second kappa shape index (κ2) is 8.86. The minimum Gasteiger partial charge on any atom is -0.477 e. The van der Waals surface area contributed by atoms with E-state index in [9.17, 15) is 19.5 Å². The van der Waals surface area contributed by atoms with Crippen LogP contribution in [-0.2, 0) is 14.4 Å². The molecular formula is C15H16N6O5S3. The lowest BCUT2D eigenvalue weighted by Crippen LogP contribution is -2.71. The molecule has 0 radical (unpaired) electrons. The van der Waals surface area contributed by atoms with Crippen molar-refractivity contribution in [3.63, 3.8) is 0 Å². The topological polar surface area (TPSA) is 184 Å². The molecule has 14 heteroatoms. The number of carbonyl (C=O) groups is 3. The molecule has 1 fully saturated rings. The van der Waals surface area contributed by atoms with Crippen molar-refractivity contribution in [2.75, 3.05) is 18.0 Å². The summed E-state index contributed by atoms with van der Waals surface area (Å²) in [7, 11) is 0. The fourth-order valence-corrected chi connectivity index (χ4v) is 5.57. The molecule has 7 N–H and O–H groups in total. The average Bonchev–Trinajstić information content (AvgIpc) is 3.12. The third kappa shape index (κ3) is 4.10. The highest BCUT2D eigenvalue weighted by Gasteiger charge is 2.54. The second-order valence-corrected chi connectivity index (χ2v) is 8.68. The highest BCUT2D eigenvalue weighted by atomic mass is 32.2. The van der Waals surface area contributed by atoms with Gasteiger partial charge in [0.25, 0.3) is 11.8 Å². The van der Waals surface area contributed by atoms with Gasteiger partial charge in [0.15, 0.2) is 10.8 Å². The third-order valence-corrected chi connectivity index (χ3v) is 7.03. The highest BCUT2D eigenvalue weighted by molar-refractivity contribution is 8.08. The maximum atomic E-state index is 12.6. The van der Waals surface area contributed by atoms with Crippen LogP contribution in [-0.4, -0.2) is 67.4 Å². The van der Waals surface area contributed by atoms with E-state index in [1.807, 2.05) is 0 Å². The zero-order valence-corrected chi connectivity index (χ0v) is 17.1. The summed E-state index contributed by atoms with van der Waals surface area (Å²) < 4.78 is 0. The number of nitrogen functional groups attached to an aromatic ring is 1. The Morgan fingerprint density at radius 3 is 2.86 bits per heavy atom. The van der Waals surface area contributed by atoms with E-state index in [1.54, 1.807) is 11.5 Å². The predicted molar refractivity (Wildman–Crippen MR) is 110 cm³/mol. The molecule has 3 heterocycles. The first-order chi connectivity index (χ1) is 13.9. The number of rotatable bonds is 7. The fraction of sp³-hybridized carbons (Fsp3) is 0.267. The van der Waals surface area contributed by atoms with Crippen LogP contribution in [0.5, 0.6) is 0 Å². The van der Waals surface area contributed by atoms with Gasteiger partial charge in [0.05, 0.1) is 0 Å². The first-order valence-electron chi connectivity index (χ1n) is 8.06. The van der Waals surface area contributed by atoms with Gasteiger partial charge in [0.2, 0.25) is 0 Å². The number of fused-ring (bicyclic) bond motifs is 1. The lowest BCUT2D eigenvalue weighted by molar-refractivity contribution is -0.150. The Morgan fingerprint density at radius 2 is 2.28 bits per heavy atom. The number of nitrogens with zero attached hydrogens (tertiary/aromatic N) is 3. The van der Waals surface area contributed by atoms with E-state index in [0.717, 1.165) is 16.2 Å². The second-order valence-electron chi connectivity index (χ2n) is 5.68. The number of hydrogen-bond donors (Lipinski definition) is 5. The summed E-state index contributed by atoms with van der Waals surface area (Å²) in [5, 5.41) is 26.9. The maximum absolute atomic E-state index is 12.6. The minimum atomic E-state index is -1.23. The number of anilines is 1. The Kier molecular flexibility index (Phi) is 6.46. The van der Waals surface area contributed by atoms with Crippen LogP contribution < -0.4 is 16.8 Å². The van der Waals surface area contributed by atoms with E-state index in [0.29, 0.717) is 17.2 Å². The van der Waals surface area contributed by atoms with Crippen LogP contribution in [0.4, 0.5) is 5.13 Å². The molecule has 1 unspecified atom stereocenters. The van der Waals surface area contributed by atoms with Crippen LogP contribution in [0.25, 0.3) is 0 Å². The molecule has 2 amide bonds. The van der Waals surface area contributed by atoms with E-state index in [-0.39, 0.29) is 22.2 Å². The van der Waals surface area contributed by atoms with Crippen molar-refractivity contribution in [1.29, 1.82) is 0 Å². The van der Waals surface area contributed by atoms with Gasteiger partial charge in [-0.25, -0.2) is 9.78 Å². The standard InChI is InChI=1S/C15H16N6O5S3/c16-2-1-3-27-7-5-28-13-9(12(23)21(13)10(7)14(24)25)19-11(22)8(20-26)6-4-29-15(17)18-6/h1,3-4,9,13,26H,2,5,16H2,(H2,17,18)(H,19,22)(H,24,25)/b3-1-,20-8-/t9?,13-/m1/s1. The molecule has 2 atom stereocenters. The smallest absolute Gasteiger partial charge is 0.353 e. The quantitative estimate of drug-likeness (QED) is 0.159. The van der Waals surface area contributed by atoms with Gasteiger partial charge in [0, 0.05) is 22.6 Å². The molecule has 2 aliphatic heterocycles. The number of aliphatic carboxylic acids is 1. The summed E-state index contributed by atoms with van der Waals surface area (Å²) >= 11 is 3.57. The number of amides is 2. The van der Waals surface area contributed by atoms with Gasteiger partial charge >= 0.3 is 5.97 Å². The zero-order valence-electron chi connectivity index (χ0n) is 14.6. The minimum absolute atomic E-state index is 0.0731. The predicted octanol–water partition coefficient (Wildman–Crippen LogP) is -0.195. The van der Waals surface area contributed by atoms with Crippen molar-refractivity contribution in [3.05, 3.63) is 33.2 Å². The molecule has 0 aliphatic carbocycles. The molecule has 0 bridgehead atoms. The number of hydrogen-bond acceptors (Lipinski definition) is 11. The average molecular weight is 457 g/mol. The van der Waals surface area contributed by atoms with Crippen molar-refractivity contribution in [2.24, 2.45) is 10.9 Å². The Labute approximate surface area is 176 Å². The first-order valence-corrected chi connectivity index (χ1v) is 10.9. The number of carboxylic acids is 1. The summed E-state index contributed by atoms with van der Waals surface area (Å²) in [6, 6.07) is -0.958.